The first-order valence-corrected chi connectivity index (χ1v) is 10.1. The van der Waals surface area contributed by atoms with E-state index in [1.54, 1.807) is 19.1 Å². The van der Waals surface area contributed by atoms with Crippen molar-refractivity contribution in [2.75, 3.05) is 6.54 Å². The Hall–Kier alpha value is -3.03. The van der Waals surface area contributed by atoms with Crippen molar-refractivity contribution in [2.45, 2.75) is 45.5 Å². The lowest BCUT2D eigenvalue weighted by Crippen LogP contribution is -2.40. The fraction of sp³-hybridized carbons (Fsp3) is 0.391. The lowest BCUT2D eigenvalue weighted by molar-refractivity contribution is -0.137. The first-order chi connectivity index (χ1) is 14.5. The maximum atomic E-state index is 13.5. The van der Waals surface area contributed by atoms with Crippen LogP contribution in [0.15, 0.2) is 47.5 Å². The molecular formula is C23H25F3N2O3. The van der Waals surface area contributed by atoms with Crippen LogP contribution in [-0.2, 0) is 11.0 Å². The second kappa shape index (κ2) is 8.99. The molecule has 0 fully saturated rings. The Kier molecular flexibility index (Phi) is 6.57. The predicted molar refractivity (Wildman–Crippen MR) is 111 cm³/mol. The quantitative estimate of drug-likeness (QED) is 0.622. The second-order valence-electron chi connectivity index (χ2n) is 8.03. The molecule has 1 amide bonds. The topological polar surface area (TPSA) is 70.9 Å². The number of rotatable bonds is 8. The van der Waals surface area contributed by atoms with Crippen molar-refractivity contribution in [3.05, 3.63) is 59.2 Å². The molecule has 166 valence electrons. The fourth-order valence-electron chi connectivity index (χ4n) is 3.25. The predicted octanol–water partition coefficient (Wildman–Crippen LogP) is 4.88. The number of hydrogen-bond donors (Lipinski definition) is 2. The SMILES string of the molecule is CC(C)CC(Oc1ccc(C2=NC2)c(C(F)(F)F)c1)C(=O)N[C@@H](C)c1ccc(O)cc1. The van der Waals surface area contributed by atoms with Gasteiger partial charge in [0.15, 0.2) is 6.10 Å². The van der Waals surface area contributed by atoms with Gasteiger partial charge in [-0.2, -0.15) is 13.2 Å². The van der Waals surface area contributed by atoms with Gasteiger partial charge < -0.3 is 15.2 Å². The molecule has 1 aliphatic rings. The highest BCUT2D eigenvalue weighted by Crippen LogP contribution is 2.36. The number of phenols is 1. The Morgan fingerprint density at radius 1 is 1.16 bits per heavy atom. The third-order valence-electron chi connectivity index (χ3n) is 4.93. The Labute approximate surface area is 179 Å². The summed E-state index contributed by atoms with van der Waals surface area (Å²) in [5, 5.41) is 12.3. The summed E-state index contributed by atoms with van der Waals surface area (Å²) in [5.74, 6) is -0.236. The highest BCUT2D eigenvalue weighted by Gasteiger charge is 2.36. The molecule has 0 spiro atoms. The molecule has 0 saturated carbocycles. The van der Waals surface area contributed by atoms with E-state index in [0.29, 0.717) is 18.7 Å². The van der Waals surface area contributed by atoms with Gasteiger partial charge in [-0.3, -0.25) is 9.79 Å². The summed E-state index contributed by atoms with van der Waals surface area (Å²) in [6.45, 7) is 5.89. The Bertz CT molecular complexity index is 969. The van der Waals surface area contributed by atoms with Crippen molar-refractivity contribution in [1.29, 1.82) is 0 Å². The average molecular weight is 434 g/mol. The molecule has 0 radical (unpaired) electrons. The number of alkyl halides is 3. The van der Waals surface area contributed by atoms with Gasteiger partial charge in [-0.15, -0.1) is 0 Å². The zero-order valence-electron chi connectivity index (χ0n) is 17.5. The summed E-state index contributed by atoms with van der Waals surface area (Å²) in [4.78, 5) is 16.7. The highest BCUT2D eigenvalue weighted by molar-refractivity contribution is 6.11. The summed E-state index contributed by atoms with van der Waals surface area (Å²) in [7, 11) is 0. The molecule has 3 rings (SSSR count). The van der Waals surface area contributed by atoms with E-state index in [0.717, 1.165) is 11.6 Å². The Morgan fingerprint density at radius 3 is 2.35 bits per heavy atom. The van der Waals surface area contributed by atoms with E-state index >= 15 is 0 Å². The van der Waals surface area contributed by atoms with Crippen LogP contribution in [0.1, 0.15) is 49.9 Å². The summed E-state index contributed by atoms with van der Waals surface area (Å²) in [6.07, 6.45) is -5.17. The molecule has 31 heavy (non-hydrogen) atoms. The molecule has 8 heteroatoms. The minimum Gasteiger partial charge on any atom is -0.508 e. The molecule has 0 aromatic heterocycles. The van der Waals surface area contributed by atoms with Gasteiger partial charge in [-0.05, 0) is 55.2 Å². The van der Waals surface area contributed by atoms with Gasteiger partial charge in [0.1, 0.15) is 11.5 Å². The van der Waals surface area contributed by atoms with E-state index in [9.17, 15) is 23.1 Å². The van der Waals surface area contributed by atoms with Gasteiger partial charge in [-0.25, -0.2) is 0 Å². The molecule has 5 nitrogen and oxygen atoms in total. The van der Waals surface area contributed by atoms with Gasteiger partial charge in [0, 0.05) is 5.56 Å². The van der Waals surface area contributed by atoms with Crippen LogP contribution in [0.2, 0.25) is 0 Å². The van der Waals surface area contributed by atoms with E-state index in [-0.39, 0.29) is 29.0 Å². The molecule has 1 unspecified atom stereocenters. The number of ether oxygens (including phenoxy) is 1. The van der Waals surface area contributed by atoms with Crippen molar-refractivity contribution in [1.82, 2.24) is 5.32 Å². The Balaban J connectivity index is 1.78. The number of nitrogens with one attached hydrogen (secondary N) is 1. The average Bonchev–Trinajstić information content (AvgIpc) is 3.52. The summed E-state index contributed by atoms with van der Waals surface area (Å²) in [6, 6.07) is 9.76. The van der Waals surface area contributed by atoms with E-state index in [1.807, 2.05) is 13.8 Å². The van der Waals surface area contributed by atoms with Crippen molar-refractivity contribution in [3.63, 3.8) is 0 Å². The van der Waals surface area contributed by atoms with E-state index in [2.05, 4.69) is 10.3 Å². The van der Waals surface area contributed by atoms with Crippen LogP contribution < -0.4 is 10.1 Å². The van der Waals surface area contributed by atoms with Crippen LogP contribution in [0.5, 0.6) is 11.5 Å². The first kappa shape index (κ1) is 22.7. The highest BCUT2D eigenvalue weighted by atomic mass is 19.4. The molecule has 1 heterocycles. The molecule has 0 saturated heterocycles. The van der Waals surface area contributed by atoms with Crippen LogP contribution in [0.25, 0.3) is 0 Å². The van der Waals surface area contributed by atoms with Crippen molar-refractivity contribution < 1.29 is 27.8 Å². The number of nitrogens with zero attached hydrogens (tertiary/aromatic N) is 1. The normalized spacial score (nSPS) is 15.3. The van der Waals surface area contributed by atoms with E-state index in [4.69, 9.17) is 4.74 Å². The minimum atomic E-state index is -4.55. The third kappa shape index (κ3) is 5.99. The summed E-state index contributed by atoms with van der Waals surface area (Å²) >= 11 is 0. The first-order valence-electron chi connectivity index (χ1n) is 10.1. The van der Waals surface area contributed by atoms with Crippen LogP contribution >= 0.6 is 0 Å². The lowest BCUT2D eigenvalue weighted by atomic mass is 10.0. The van der Waals surface area contributed by atoms with Crippen molar-refractivity contribution >= 4 is 11.6 Å². The van der Waals surface area contributed by atoms with Crippen LogP contribution in [0.3, 0.4) is 0 Å². The largest absolute Gasteiger partial charge is 0.508 e. The number of benzene rings is 2. The number of aromatic hydroxyl groups is 1. The fourth-order valence-corrected chi connectivity index (χ4v) is 3.25. The van der Waals surface area contributed by atoms with Crippen LogP contribution in [0, 0.1) is 5.92 Å². The molecule has 2 N–H and O–H groups in total. The molecule has 0 bridgehead atoms. The number of carbonyl (C=O) groups excluding carboxylic acids is 1. The number of phenolic OH excluding ortho intramolecular Hbond substituents is 1. The molecular weight excluding hydrogens is 409 g/mol. The molecule has 2 aromatic carbocycles. The van der Waals surface area contributed by atoms with Gasteiger partial charge in [0.05, 0.1) is 23.9 Å². The maximum absolute atomic E-state index is 13.5. The van der Waals surface area contributed by atoms with Gasteiger partial charge in [0.2, 0.25) is 0 Å². The standard InChI is InChI=1S/C23H25F3N2O3/c1-13(2)10-21(22(30)28-14(3)15-4-6-16(29)7-5-15)31-17-8-9-18(20-12-27-20)19(11-17)23(24,25)26/h4-9,11,13-14,21,29H,10,12H2,1-3H3,(H,28,30)/t14-,21?/m0/s1. The summed E-state index contributed by atoms with van der Waals surface area (Å²) in [5.41, 5.74) is 0.425. The van der Waals surface area contributed by atoms with E-state index < -0.39 is 23.8 Å². The third-order valence-corrected chi connectivity index (χ3v) is 4.93. The van der Waals surface area contributed by atoms with Crippen LogP contribution in [-0.4, -0.2) is 29.4 Å². The number of carbonyl (C=O) groups is 1. The van der Waals surface area contributed by atoms with Gasteiger partial charge >= 0.3 is 6.18 Å². The molecule has 1 aliphatic heterocycles. The molecule has 2 atom stereocenters. The van der Waals surface area contributed by atoms with E-state index in [1.165, 1.54) is 24.3 Å². The lowest BCUT2D eigenvalue weighted by Gasteiger charge is -2.23. The number of hydrogen-bond acceptors (Lipinski definition) is 4. The minimum absolute atomic E-state index is 0.0181. The number of halogens is 3. The molecule has 0 aliphatic carbocycles. The van der Waals surface area contributed by atoms with Gasteiger partial charge in [0.25, 0.3) is 5.91 Å². The second-order valence-corrected chi connectivity index (χ2v) is 8.03. The Morgan fingerprint density at radius 2 is 1.81 bits per heavy atom. The van der Waals surface area contributed by atoms with Gasteiger partial charge in [-0.1, -0.05) is 26.0 Å². The summed E-state index contributed by atoms with van der Waals surface area (Å²) < 4.78 is 46.3. The monoisotopic (exact) mass is 434 g/mol. The maximum Gasteiger partial charge on any atom is 0.417 e. The number of aliphatic imine (C=N–C) groups is 1. The van der Waals surface area contributed by atoms with Crippen LogP contribution in [0.4, 0.5) is 13.2 Å². The number of amides is 1. The smallest absolute Gasteiger partial charge is 0.417 e. The zero-order valence-corrected chi connectivity index (χ0v) is 17.5. The zero-order chi connectivity index (χ0) is 22.8. The molecule has 2 aromatic rings. The van der Waals surface area contributed by atoms with Crippen molar-refractivity contribution in [3.8, 4) is 11.5 Å². The van der Waals surface area contributed by atoms with Crippen molar-refractivity contribution in [2.24, 2.45) is 10.9 Å².